The summed E-state index contributed by atoms with van der Waals surface area (Å²) in [5.41, 5.74) is -0.508. The van der Waals surface area contributed by atoms with E-state index in [9.17, 15) is 9.59 Å². The molecule has 5 nitrogen and oxygen atoms in total. The Morgan fingerprint density at radius 2 is 1.86 bits per heavy atom. The Labute approximate surface area is 143 Å². The van der Waals surface area contributed by atoms with E-state index in [1.54, 1.807) is 0 Å². The molecule has 0 aromatic heterocycles. The minimum absolute atomic E-state index is 0.0591. The molecule has 0 heterocycles. The predicted molar refractivity (Wildman–Crippen MR) is 96.0 cm³/mol. The molecule has 0 saturated heterocycles. The number of hydrogen-bond acceptors (Lipinski definition) is 5. The van der Waals surface area contributed by atoms with Gasteiger partial charge in [-0.3, -0.25) is 9.59 Å². The second-order valence-electron chi connectivity index (χ2n) is 6.45. The second kappa shape index (κ2) is 9.67. The van der Waals surface area contributed by atoms with E-state index in [1.807, 2.05) is 39.5 Å². The summed E-state index contributed by atoms with van der Waals surface area (Å²) >= 11 is 4.17. The number of hydrogen-bond donors (Lipinski definition) is 3. The zero-order valence-corrected chi connectivity index (χ0v) is 16.0. The van der Waals surface area contributed by atoms with Crippen molar-refractivity contribution in [2.75, 3.05) is 26.2 Å². The van der Waals surface area contributed by atoms with E-state index in [-0.39, 0.29) is 25.0 Å². The van der Waals surface area contributed by atoms with E-state index in [2.05, 4.69) is 17.0 Å². The molecule has 0 aromatic rings. The van der Waals surface area contributed by atoms with E-state index < -0.39 is 10.2 Å². The third-order valence-corrected chi connectivity index (χ3v) is 5.65. The van der Waals surface area contributed by atoms with Gasteiger partial charge in [-0.05, 0) is 33.6 Å². The van der Waals surface area contributed by atoms with Crippen molar-refractivity contribution in [2.24, 2.45) is 5.41 Å². The molecule has 130 valence electrons. The average molecular weight is 351 g/mol. The lowest BCUT2D eigenvalue weighted by Crippen LogP contribution is -2.44. The highest BCUT2D eigenvalue weighted by Gasteiger charge is 2.32. The predicted octanol–water partition coefficient (Wildman–Crippen LogP) is 2.11. The number of nitrogens with one attached hydrogen (secondary N) is 1. The van der Waals surface area contributed by atoms with Crippen LogP contribution in [-0.4, -0.2) is 52.8 Å². The fourth-order valence-corrected chi connectivity index (χ4v) is 2.50. The van der Waals surface area contributed by atoms with Gasteiger partial charge in [-0.25, -0.2) is 0 Å². The van der Waals surface area contributed by atoms with Crippen molar-refractivity contribution in [3.8, 4) is 0 Å². The summed E-state index contributed by atoms with van der Waals surface area (Å²) in [6.07, 6.45) is 1.44. The van der Waals surface area contributed by atoms with Crippen LogP contribution < -0.4 is 5.32 Å². The highest BCUT2D eigenvalue weighted by molar-refractivity contribution is 8.69. The molecular formula is C15H30N2O3S2. The summed E-state index contributed by atoms with van der Waals surface area (Å²) in [6.45, 7) is 10.9. The molecule has 0 spiro atoms. The quantitative estimate of drug-likeness (QED) is 0.417. The van der Waals surface area contributed by atoms with E-state index in [1.165, 1.54) is 10.8 Å². The van der Waals surface area contributed by atoms with Gasteiger partial charge >= 0.3 is 0 Å². The summed E-state index contributed by atoms with van der Waals surface area (Å²) in [6, 6.07) is 0. The van der Waals surface area contributed by atoms with Crippen molar-refractivity contribution in [3.63, 3.8) is 0 Å². The van der Waals surface area contributed by atoms with Gasteiger partial charge in [0.25, 0.3) is 0 Å². The molecule has 0 fully saturated rings. The van der Waals surface area contributed by atoms with Gasteiger partial charge in [-0.2, -0.15) is 0 Å². The van der Waals surface area contributed by atoms with Crippen molar-refractivity contribution in [2.45, 2.75) is 52.2 Å². The van der Waals surface area contributed by atoms with Crippen LogP contribution in [0.4, 0.5) is 0 Å². The fraction of sp³-hybridized carbons (Fsp3) is 0.867. The molecule has 0 unspecified atom stereocenters. The molecule has 0 atom stereocenters. The summed E-state index contributed by atoms with van der Waals surface area (Å²) in [5, 5.41) is 11.5. The number of thiol groups is 1. The minimum Gasteiger partial charge on any atom is -0.395 e. The maximum absolute atomic E-state index is 12.4. The van der Waals surface area contributed by atoms with Crippen LogP contribution in [-0.2, 0) is 9.59 Å². The van der Waals surface area contributed by atoms with Crippen LogP contribution in [0.2, 0.25) is 0 Å². The lowest BCUT2D eigenvalue weighted by molar-refractivity contribution is -0.133. The van der Waals surface area contributed by atoms with Crippen molar-refractivity contribution in [1.82, 2.24) is 10.2 Å². The molecule has 2 N–H and O–H groups in total. The van der Waals surface area contributed by atoms with Crippen LogP contribution in [0.3, 0.4) is 0 Å². The van der Waals surface area contributed by atoms with Gasteiger partial charge in [-0.15, -0.1) is 11.7 Å². The summed E-state index contributed by atoms with van der Waals surface area (Å²) < 4.78 is -0.548. The first kappa shape index (κ1) is 21.6. The Kier molecular flexibility index (Phi) is 9.50. The molecule has 22 heavy (non-hydrogen) atoms. The van der Waals surface area contributed by atoms with E-state index in [4.69, 9.17) is 5.11 Å². The van der Waals surface area contributed by atoms with E-state index in [0.29, 0.717) is 19.5 Å². The van der Waals surface area contributed by atoms with Gasteiger partial charge in [0.05, 0.1) is 11.4 Å². The van der Waals surface area contributed by atoms with Gasteiger partial charge < -0.3 is 15.3 Å². The summed E-state index contributed by atoms with van der Waals surface area (Å²) in [7, 11) is 1.25. The number of amides is 2. The van der Waals surface area contributed by atoms with Crippen LogP contribution in [0.1, 0.15) is 47.5 Å². The number of aliphatic hydroxyl groups excluding tert-OH is 1. The maximum Gasteiger partial charge on any atom is 0.239 e. The molecule has 0 aromatic carbocycles. The van der Waals surface area contributed by atoms with Crippen molar-refractivity contribution in [1.29, 1.82) is 0 Å². The molecular weight excluding hydrogens is 320 g/mol. The Bertz CT molecular complexity index is 374. The molecule has 0 aliphatic heterocycles. The van der Waals surface area contributed by atoms with Gasteiger partial charge in [0.2, 0.25) is 11.8 Å². The Hall–Kier alpha value is -0.400. The first-order chi connectivity index (χ1) is 10.1. The molecule has 2 amide bonds. The molecule has 0 saturated carbocycles. The standard InChI is InChI=1S/C15H30N2O3S2/c1-6-17(13(20)15(4,5)22-21)10-7-8-14(2,3)12(19)16-9-11-18/h18,21H,6-11H2,1-5H3,(H,16,19). The molecule has 0 aliphatic carbocycles. The van der Waals surface area contributed by atoms with Crippen molar-refractivity contribution >= 4 is 34.3 Å². The number of carbonyl (C=O) groups is 2. The molecule has 0 rings (SSSR count). The van der Waals surface area contributed by atoms with Gasteiger partial charge in [-0.1, -0.05) is 24.6 Å². The topological polar surface area (TPSA) is 69.6 Å². The normalized spacial score (nSPS) is 12.1. The smallest absolute Gasteiger partial charge is 0.239 e. The first-order valence-corrected chi connectivity index (χ1v) is 9.50. The zero-order chi connectivity index (χ0) is 17.4. The zero-order valence-electron chi connectivity index (χ0n) is 14.3. The molecule has 0 bridgehead atoms. The third kappa shape index (κ3) is 6.79. The van der Waals surface area contributed by atoms with Gasteiger partial charge in [0.1, 0.15) is 0 Å². The van der Waals surface area contributed by atoms with Crippen LogP contribution in [0.15, 0.2) is 0 Å². The van der Waals surface area contributed by atoms with Crippen LogP contribution in [0.25, 0.3) is 0 Å². The number of carbonyl (C=O) groups excluding carboxylic acids is 2. The van der Waals surface area contributed by atoms with Crippen LogP contribution in [0.5, 0.6) is 0 Å². The van der Waals surface area contributed by atoms with E-state index in [0.717, 1.165) is 6.42 Å². The Balaban J connectivity index is 4.47. The monoisotopic (exact) mass is 350 g/mol. The number of rotatable bonds is 10. The average Bonchev–Trinajstić information content (AvgIpc) is 2.48. The third-order valence-electron chi connectivity index (χ3n) is 3.65. The highest BCUT2D eigenvalue weighted by Crippen LogP contribution is 2.30. The number of nitrogens with zero attached hydrogens (tertiary/aromatic N) is 1. The van der Waals surface area contributed by atoms with Gasteiger partial charge in [0.15, 0.2) is 0 Å². The van der Waals surface area contributed by atoms with Crippen LogP contribution in [0, 0.1) is 5.41 Å². The lowest BCUT2D eigenvalue weighted by Gasteiger charge is -2.30. The Morgan fingerprint density at radius 3 is 2.32 bits per heavy atom. The summed E-state index contributed by atoms with van der Waals surface area (Å²) in [4.78, 5) is 26.2. The molecule has 7 heteroatoms. The summed E-state index contributed by atoms with van der Waals surface area (Å²) in [5.74, 6) is -0.000272. The first-order valence-electron chi connectivity index (χ1n) is 7.63. The fourth-order valence-electron chi connectivity index (χ4n) is 2.06. The van der Waals surface area contributed by atoms with Crippen molar-refractivity contribution < 1.29 is 14.7 Å². The van der Waals surface area contributed by atoms with Crippen molar-refractivity contribution in [3.05, 3.63) is 0 Å². The minimum atomic E-state index is -0.548. The lowest BCUT2D eigenvalue weighted by atomic mass is 9.86. The van der Waals surface area contributed by atoms with Crippen LogP contribution >= 0.6 is 22.5 Å². The SMILES string of the molecule is CCN(CCCC(C)(C)C(=O)NCCO)C(=O)C(C)(C)SS. The highest BCUT2D eigenvalue weighted by atomic mass is 33.1. The van der Waals surface area contributed by atoms with Gasteiger partial charge in [0, 0.05) is 25.0 Å². The largest absolute Gasteiger partial charge is 0.395 e. The maximum atomic E-state index is 12.4. The Morgan fingerprint density at radius 1 is 1.27 bits per heavy atom. The molecule has 0 aliphatic rings. The second-order valence-corrected chi connectivity index (χ2v) is 8.20. The van der Waals surface area contributed by atoms with E-state index >= 15 is 0 Å². The number of aliphatic hydroxyl groups is 1. The molecule has 0 radical (unpaired) electrons.